The molecule has 29 heavy (non-hydrogen) atoms. The first-order valence-corrected chi connectivity index (χ1v) is 12.3. The van der Waals surface area contributed by atoms with Crippen LogP contribution in [0.1, 0.15) is 77.6 Å². The van der Waals surface area contributed by atoms with Gasteiger partial charge >= 0.3 is 0 Å². The third kappa shape index (κ3) is 5.69. The predicted molar refractivity (Wildman–Crippen MR) is 118 cm³/mol. The lowest BCUT2D eigenvalue weighted by molar-refractivity contribution is -0.217. The summed E-state index contributed by atoms with van der Waals surface area (Å²) in [7, 11) is 0. The summed E-state index contributed by atoms with van der Waals surface area (Å²) in [5.41, 5.74) is 1.52. The number of aliphatic hydroxyl groups is 1. The summed E-state index contributed by atoms with van der Waals surface area (Å²) in [4.78, 5) is 10.8. The van der Waals surface area contributed by atoms with Crippen LogP contribution in [0.5, 0.6) is 0 Å². The zero-order chi connectivity index (χ0) is 20.1. The highest BCUT2D eigenvalue weighted by Gasteiger charge is 2.34. The Morgan fingerprint density at radius 2 is 2.07 bits per heavy atom. The van der Waals surface area contributed by atoms with E-state index in [-0.39, 0.29) is 0 Å². The minimum Gasteiger partial charge on any atom is -0.379 e. The standard InChI is InChI=1S/C24H41N3O2/c1-18-10-11-22-21(16-18)20(17-26-22)12-13-25-24(28)9-5-15-29-27-14-4-7-19-6-2-3-8-23(19)27/h16-20,22-25,28H,2-15H2,1H3. The number of nitrogens with zero attached hydrogens (tertiary/aromatic N) is 2. The van der Waals surface area contributed by atoms with Gasteiger partial charge in [0.2, 0.25) is 0 Å². The first-order chi connectivity index (χ1) is 14.2. The zero-order valence-corrected chi connectivity index (χ0v) is 18.3. The molecule has 0 bridgehead atoms. The Labute approximate surface area is 176 Å². The molecule has 4 rings (SSSR count). The van der Waals surface area contributed by atoms with Gasteiger partial charge in [-0.2, -0.15) is 5.06 Å². The Kier molecular flexibility index (Phi) is 7.79. The van der Waals surface area contributed by atoms with Gasteiger partial charge in [-0.3, -0.25) is 15.1 Å². The average molecular weight is 404 g/mol. The fraction of sp³-hybridized carbons (Fsp3) is 0.875. The van der Waals surface area contributed by atoms with Gasteiger partial charge < -0.3 is 5.11 Å². The van der Waals surface area contributed by atoms with E-state index in [1.807, 2.05) is 0 Å². The molecule has 164 valence electrons. The van der Waals surface area contributed by atoms with Crippen molar-refractivity contribution in [1.82, 2.24) is 10.4 Å². The molecule has 1 saturated carbocycles. The van der Waals surface area contributed by atoms with Crippen LogP contribution in [0.25, 0.3) is 0 Å². The van der Waals surface area contributed by atoms with E-state index in [1.165, 1.54) is 56.9 Å². The summed E-state index contributed by atoms with van der Waals surface area (Å²) in [5, 5.41) is 15.9. The molecule has 6 unspecified atom stereocenters. The van der Waals surface area contributed by atoms with Gasteiger partial charge in [-0.15, -0.1) is 0 Å². The SMILES string of the molecule is CC1C=C2C(CCNC(O)CCCON3CCCC4CCCCC43)C=NC2CC1. The Balaban J connectivity index is 1.09. The van der Waals surface area contributed by atoms with E-state index in [1.54, 1.807) is 0 Å². The van der Waals surface area contributed by atoms with E-state index in [2.05, 4.69) is 29.6 Å². The molecule has 5 nitrogen and oxygen atoms in total. The number of hydrogen-bond acceptors (Lipinski definition) is 5. The molecule has 2 N–H and O–H groups in total. The number of aliphatic hydroxyl groups excluding tert-OH is 1. The normalized spacial score (nSPS) is 35.8. The Morgan fingerprint density at radius 1 is 1.21 bits per heavy atom. The smallest absolute Gasteiger partial charge is 0.104 e. The van der Waals surface area contributed by atoms with Crippen LogP contribution >= 0.6 is 0 Å². The molecule has 0 aromatic heterocycles. The zero-order valence-electron chi connectivity index (χ0n) is 18.3. The lowest BCUT2D eigenvalue weighted by Gasteiger charge is -2.43. The molecular formula is C24H41N3O2. The number of allylic oxidation sites excluding steroid dienone is 1. The largest absolute Gasteiger partial charge is 0.379 e. The lowest BCUT2D eigenvalue weighted by atomic mass is 9.79. The van der Waals surface area contributed by atoms with Crippen LogP contribution in [-0.2, 0) is 4.84 Å². The number of hydroxylamine groups is 2. The van der Waals surface area contributed by atoms with Crippen molar-refractivity contribution in [2.75, 3.05) is 19.7 Å². The third-order valence-corrected chi connectivity index (χ3v) is 7.54. The number of aliphatic imine (C=N–C) groups is 1. The van der Waals surface area contributed by atoms with Gasteiger partial charge in [0.05, 0.1) is 12.6 Å². The van der Waals surface area contributed by atoms with Crippen molar-refractivity contribution in [3.8, 4) is 0 Å². The van der Waals surface area contributed by atoms with Crippen molar-refractivity contribution in [1.29, 1.82) is 0 Å². The topological polar surface area (TPSA) is 57.1 Å². The van der Waals surface area contributed by atoms with Crippen LogP contribution in [0.2, 0.25) is 0 Å². The molecule has 0 amide bonds. The molecule has 2 fully saturated rings. The molecule has 2 heterocycles. The van der Waals surface area contributed by atoms with Crippen LogP contribution in [0.4, 0.5) is 0 Å². The molecule has 2 aliphatic carbocycles. The summed E-state index contributed by atoms with van der Waals surface area (Å²) < 4.78 is 0. The van der Waals surface area contributed by atoms with E-state index in [0.717, 1.165) is 44.9 Å². The highest BCUT2D eigenvalue weighted by Crippen LogP contribution is 2.36. The van der Waals surface area contributed by atoms with Gasteiger partial charge in [-0.05, 0) is 81.7 Å². The van der Waals surface area contributed by atoms with Gasteiger partial charge in [0.15, 0.2) is 0 Å². The van der Waals surface area contributed by atoms with E-state index >= 15 is 0 Å². The average Bonchev–Trinajstić information content (AvgIpc) is 3.13. The Bertz CT molecular complexity index is 576. The summed E-state index contributed by atoms with van der Waals surface area (Å²) in [6.45, 7) is 4.96. The van der Waals surface area contributed by atoms with Gasteiger partial charge in [-0.25, -0.2) is 0 Å². The van der Waals surface area contributed by atoms with Gasteiger partial charge in [0, 0.05) is 24.7 Å². The fourth-order valence-electron chi connectivity index (χ4n) is 5.88. The molecule has 0 radical (unpaired) electrons. The molecule has 6 atom stereocenters. The number of hydrogen-bond donors (Lipinski definition) is 2. The van der Waals surface area contributed by atoms with Crippen LogP contribution in [0.3, 0.4) is 0 Å². The Hall–Kier alpha value is -0.750. The summed E-state index contributed by atoms with van der Waals surface area (Å²) in [5.74, 6) is 2.01. The number of rotatable bonds is 9. The summed E-state index contributed by atoms with van der Waals surface area (Å²) >= 11 is 0. The van der Waals surface area contributed by atoms with Crippen molar-refractivity contribution < 1.29 is 9.94 Å². The van der Waals surface area contributed by atoms with Crippen molar-refractivity contribution >= 4 is 6.21 Å². The minimum atomic E-state index is -0.434. The van der Waals surface area contributed by atoms with Crippen LogP contribution in [0, 0.1) is 17.8 Å². The van der Waals surface area contributed by atoms with Crippen molar-refractivity contribution in [3.63, 3.8) is 0 Å². The lowest BCUT2D eigenvalue weighted by Crippen LogP contribution is -2.46. The fourth-order valence-corrected chi connectivity index (χ4v) is 5.88. The molecule has 2 aliphatic heterocycles. The third-order valence-electron chi connectivity index (χ3n) is 7.54. The summed E-state index contributed by atoms with van der Waals surface area (Å²) in [6, 6.07) is 1.09. The highest BCUT2D eigenvalue weighted by atomic mass is 16.7. The molecule has 5 heteroatoms. The number of piperidine rings is 1. The predicted octanol–water partition coefficient (Wildman–Crippen LogP) is 4.08. The second kappa shape index (κ2) is 10.5. The van der Waals surface area contributed by atoms with Crippen LogP contribution in [-0.4, -0.2) is 54.4 Å². The second-order valence-electron chi connectivity index (χ2n) is 9.77. The Morgan fingerprint density at radius 3 is 3.00 bits per heavy atom. The van der Waals surface area contributed by atoms with Crippen LogP contribution in [0.15, 0.2) is 16.6 Å². The van der Waals surface area contributed by atoms with Gasteiger partial charge in [0.25, 0.3) is 0 Å². The van der Waals surface area contributed by atoms with E-state index in [9.17, 15) is 5.11 Å². The van der Waals surface area contributed by atoms with E-state index < -0.39 is 6.23 Å². The summed E-state index contributed by atoms with van der Waals surface area (Å²) in [6.07, 6.45) is 17.4. The van der Waals surface area contributed by atoms with Gasteiger partial charge in [0.1, 0.15) is 6.23 Å². The quantitative estimate of drug-likeness (QED) is 0.346. The van der Waals surface area contributed by atoms with Crippen molar-refractivity contribution in [2.24, 2.45) is 22.7 Å². The molecule has 0 aromatic rings. The first kappa shape index (κ1) is 21.5. The highest BCUT2D eigenvalue weighted by molar-refractivity contribution is 5.70. The molecule has 1 saturated heterocycles. The van der Waals surface area contributed by atoms with Crippen LogP contribution < -0.4 is 5.32 Å². The molecule has 0 spiro atoms. The number of nitrogens with one attached hydrogen (secondary N) is 1. The first-order valence-electron chi connectivity index (χ1n) is 12.3. The molecule has 0 aromatic carbocycles. The maximum absolute atomic E-state index is 10.3. The maximum atomic E-state index is 10.3. The van der Waals surface area contributed by atoms with Crippen molar-refractivity contribution in [3.05, 3.63) is 11.6 Å². The maximum Gasteiger partial charge on any atom is 0.104 e. The van der Waals surface area contributed by atoms with Crippen molar-refractivity contribution in [2.45, 2.75) is 95.9 Å². The van der Waals surface area contributed by atoms with E-state index in [4.69, 9.17) is 9.83 Å². The second-order valence-corrected chi connectivity index (χ2v) is 9.77. The molecule has 4 aliphatic rings. The van der Waals surface area contributed by atoms with E-state index in [0.29, 0.717) is 23.9 Å². The number of fused-ring (bicyclic) bond motifs is 2. The minimum absolute atomic E-state index is 0.434. The van der Waals surface area contributed by atoms with Gasteiger partial charge in [-0.1, -0.05) is 25.8 Å². The molecular weight excluding hydrogens is 362 g/mol. The monoisotopic (exact) mass is 403 g/mol.